The molecule has 4 atom stereocenters. The third kappa shape index (κ3) is 12.2. The van der Waals surface area contributed by atoms with Crippen molar-refractivity contribution in [1.82, 2.24) is 16.0 Å². The number of aliphatic imine (C=N–C) groups is 1. The van der Waals surface area contributed by atoms with Gasteiger partial charge in [-0.3, -0.25) is 24.2 Å². The monoisotopic (exact) mass is 504 g/mol. The highest BCUT2D eigenvalue weighted by molar-refractivity contribution is 7.80. The van der Waals surface area contributed by atoms with E-state index in [1.54, 1.807) is 13.8 Å². The van der Waals surface area contributed by atoms with Gasteiger partial charge in [-0.05, 0) is 25.2 Å². The van der Waals surface area contributed by atoms with E-state index < -0.39 is 59.7 Å². The summed E-state index contributed by atoms with van der Waals surface area (Å²) in [5.74, 6) is -4.70. The first-order valence-electron chi connectivity index (χ1n) is 10.6. The Balaban J connectivity index is 5.62. The number of primary amides is 1. The second-order valence-corrected chi connectivity index (χ2v) is 8.30. The molecular formula is C19H36N8O6S. The Labute approximate surface area is 203 Å². The number of hydrogen-bond acceptors (Lipinski definition) is 8. The number of carboxylic acid groups (broad SMARTS) is 1. The van der Waals surface area contributed by atoms with Crippen molar-refractivity contribution in [2.75, 3.05) is 12.3 Å². The lowest BCUT2D eigenvalue weighted by Crippen LogP contribution is -2.57. The van der Waals surface area contributed by atoms with E-state index in [-0.39, 0.29) is 43.9 Å². The maximum absolute atomic E-state index is 12.9. The van der Waals surface area contributed by atoms with Gasteiger partial charge in [-0.2, -0.15) is 12.6 Å². The fourth-order valence-corrected chi connectivity index (χ4v) is 2.90. The van der Waals surface area contributed by atoms with Gasteiger partial charge in [0, 0.05) is 18.7 Å². The van der Waals surface area contributed by atoms with Crippen LogP contribution in [-0.4, -0.2) is 77.1 Å². The summed E-state index contributed by atoms with van der Waals surface area (Å²) in [4.78, 5) is 64.4. The molecule has 0 radical (unpaired) electrons. The SMILES string of the molecule is CC(C)C(NC(=O)C(CCCN=C(N)N)NC(=O)C(CCC(N)=O)NC(=O)C(N)CS)C(=O)O. The first kappa shape index (κ1) is 30.9. The van der Waals surface area contributed by atoms with E-state index in [4.69, 9.17) is 22.9 Å². The molecule has 14 nitrogen and oxygen atoms in total. The fourth-order valence-electron chi connectivity index (χ4n) is 2.73. The van der Waals surface area contributed by atoms with Crippen LogP contribution in [0.4, 0.5) is 0 Å². The lowest BCUT2D eigenvalue weighted by Gasteiger charge is -2.26. The zero-order chi connectivity index (χ0) is 26.4. The Morgan fingerprint density at radius 3 is 1.91 bits per heavy atom. The average Bonchev–Trinajstić information content (AvgIpc) is 2.74. The van der Waals surface area contributed by atoms with Gasteiger partial charge in [0.25, 0.3) is 0 Å². The summed E-state index contributed by atoms with van der Waals surface area (Å²) in [6, 6.07) is -4.59. The second-order valence-electron chi connectivity index (χ2n) is 7.93. The maximum Gasteiger partial charge on any atom is 0.326 e. The van der Waals surface area contributed by atoms with E-state index in [0.29, 0.717) is 0 Å². The van der Waals surface area contributed by atoms with Gasteiger partial charge in [0.2, 0.25) is 23.6 Å². The van der Waals surface area contributed by atoms with Gasteiger partial charge >= 0.3 is 5.97 Å². The molecule has 0 saturated carbocycles. The van der Waals surface area contributed by atoms with Gasteiger partial charge in [-0.25, -0.2) is 4.79 Å². The largest absolute Gasteiger partial charge is 0.480 e. The van der Waals surface area contributed by atoms with Gasteiger partial charge in [0.15, 0.2) is 5.96 Å². The van der Waals surface area contributed by atoms with Crippen molar-refractivity contribution in [3.63, 3.8) is 0 Å². The van der Waals surface area contributed by atoms with E-state index in [1.165, 1.54) is 0 Å². The van der Waals surface area contributed by atoms with Crippen LogP contribution in [0, 0.1) is 5.92 Å². The minimum absolute atomic E-state index is 0.0115. The number of carbonyl (C=O) groups excluding carboxylic acids is 4. The number of amides is 4. The number of carbonyl (C=O) groups is 5. The van der Waals surface area contributed by atoms with Gasteiger partial charge in [-0.1, -0.05) is 13.8 Å². The van der Waals surface area contributed by atoms with Crippen molar-refractivity contribution >= 4 is 48.2 Å². The molecule has 0 rings (SSSR count). The number of guanidine groups is 1. The van der Waals surface area contributed by atoms with Crippen molar-refractivity contribution in [1.29, 1.82) is 0 Å². The van der Waals surface area contributed by atoms with Crippen LogP contribution >= 0.6 is 12.6 Å². The molecular weight excluding hydrogens is 468 g/mol. The van der Waals surface area contributed by atoms with Crippen LogP contribution in [0.3, 0.4) is 0 Å². The molecule has 4 unspecified atom stereocenters. The lowest BCUT2D eigenvalue weighted by atomic mass is 10.0. The molecule has 15 heteroatoms. The van der Waals surface area contributed by atoms with Crippen LogP contribution < -0.4 is 38.9 Å². The van der Waals surface area contributed by atoms with Crippen LogP contribution in [0.1, 0.15) is 39.5 Å². The minimum Gasteiger partial charge on any atom is -0.480 e. The van der Waals surface area contributed by atoms with Crippen molar-refractivity contribution in [2.45, 2.75) is 63.7 Å². The molecule has 0 saturated heterocycles. The van der Waals surface area contributed by atoms with Gasteiger partial charge < -0.3 is 44.0 Å². The second kappa shape index (κ2) is 15.7. The van der Waals surface area contributed by atoms with Crippen LogP contribution in [-0.2, 0) is 24.0 Å². The standard InChI is InChI=1S/C19H36N8O6S/c1-9(2)14(18(32)33)27-17(31)11(4-3-7-24-19(22)23)26-16(30)12(5-6-13(21)28)25-15(29)10(20)8-34/h9-12,14,34H,3-8,20H2,1-2H3,(H2,21,28)(H,25,29)(H,26,30)(H,27,31)(H,32,33)(H4,22,23,24). The molecule has 0 fully saturated rings. The number of carboxylic acids is 1. The Morgan fingerprint density at radius 2 is 1.44 bits per heavy atom. The molecule has 0 spiro atoms. The lowest BCUT2D eigenvalue weighted by molar-refractivity contribution is -0.143. The molecule has 34 heavy (non-hydrogen) atoms. The van der Waals surface area contributed by atoms with E-state index in [9.17, 15) is 29.1 Å². The zero-order valence-electron chi connectivity index (χ0n) is 19.3. The molecule has 0 bridgehead atoms. The molecule has 0 aromatic heterocycles. The molecule has 194 valence electrons. The third-order valence-electron chi connectivity index (χ3n) is 4.65. The number of nitrogens with zero attached hydrogens (tertiary/aromatic N) is 1. The summed E-state index contributed by atoms with van der Waals surface area (Å²) in [6.45, 7) is 3.39. The van der Waals surface area contributed by atoms with Crippen LogP contribution in [0.15, 0.2) is 4.99 Å². The summed E-state index contributed by atoms with van der Waals surface area (Å²) in [5.41, 5.74) is 21.3. The zero-order valence-corrected chi connectivity index (χ0v) is 20.2. The first-order valence-corrected chi connectivity index (χ1v) is 11.3. The molecule has 0 heterocycles. The highest BCUT2D eigenvalue weighted by Gasteiger charge is 2.31. The predicted molar refractivity (Wildman–Crippen MR) is 128 cm³/mol. The van der Waals surface area contributed by atoms with E-state index in [2.05, 4.69) is 33.6 Å². The third-order valence-corrected chi connectivity index (χ3v) is 5.05. The topological polar surface area (TPSA) is 258 Å². The van der Waals surface area contributed by atoms with Crippen LogP contribution in [0.2, 0.25) is 0 Å². The van der Waals surface area contributed by atoms with Crippen molar-refractivity contribution in [3.05, 3.63) is 0 Å². The van der Waals surface area contributed by atoms with Crippen molar-refractivity contribution in [3.8, 4) is 0 Å². The molecule has 12 N–H and O–H groups in total. The Bertz CT molecular complexity index is 759. The number of hydrogen-bond donors (Lipinski definition) is 9. The number of nitrogens with one attached hydrogen (secondary N) is 3. The molecule has 0 aromatic rings. The quantitative estimate of drug-likeness (QED) is 0.0442. The molecule has 0 aliphatic carbocycles. The number of rotatable bonds is 16. The fraction of sp³-hybridized carbons (Fsp3) is 0.684. The number of aliphatic carboxylic acids is 1. The summed E-state index contributed by atoms with van der Waals surface area (Å²) < 4.78 is 0. The van der Waals surface area contributed by atoms with Crippen LogP contribution in [0.5, 0.6) is 0 Å². The first-order chi connectivity index (χ1) is 15.8. The smallest absolute Gasteiger partial charge is 0.326 e. The summed E-state index contributed by atoms with van der Waals surface area (Å²) in [7, 11) is 0. The van der Waals surface area contributed by atoms with E-state index in [0.717, 1.165) is 0 Å². The highest BCUT2D eigenvalue weighted by Crippen LogP contribution is 2.07. The summed E-state index contributed by atoms with van der Waals surface area (Å²) in [6.07, 6.45) is -0.0213. The van der Waals surface area contributed by atoms with Gasteiger partial charge in [-0.15, -0.1) is 0 Å². The Kier molecular flexibility index (Phi) is 14.3. The Hall–Kier alpha value is -3.07. The van der Waals surface area contributed by atoms with Crippen molar-refractivity contribution in [2.24, 2.45) is 33.8 Å². The van der Waals surface area contributed by atoms with Crippen LogP contribution in [0.25, 0.3) is 0 Å². The van der Waals surface area contributed by atoms with Crippen molar-refractivity contribution < 1.29 is 29.1 Å². The van der Waals surface area contributed by atoms with E-state index >= 15 is 0 Å². The summed E-state index contributed by atoms with van der Waals surface area (Å²) >= 11 is 3.93. The van der Waals surface area contributed by atoms with Gasteiger partial charge in [0.1, 0.15) is 18.1 Å². The molecule has 0 aliphatic rings. The van der Waals surface area contributed by atoms with E-state index in [1.807, 2.05) is 0 Å². The average molecular weight is 505 g/mol. The maximum atomic E-state index is 12.9. The normalized spacial score (nSPS) is 14.3. The minimum atomic E-state index is -1.23. The molecule has 0 aromatic carbocycles. The highest BCUT2D eigenvalue weighted by atomic mass is 32.1. The molecule has 0 aliphatic heterocycles. The predicted octanol–water partition coefficient (Wildman–Crippen LogP) is -3.24. The number of thiol groups is 1. The van der Waals surface area contributed by atoms with Gasteiger partial charge in [0.05, 0.1) is 6.04 Å². The Morgan fingerprint density at radius 1 is 0.912 bits per heavy atom. The summed E-state index contributed by atoms with van der Waals surface area (Å²) in [5, 5.41) is 16.7. The molecule has 4 amide bonds. The number of nitrogens with two attached hydrogens (primary N) is 4.